The van der Waals surface area contributed by atoms with E-state index >= 15 is 0 Å². The summed E-state index contributed by atoms with van der Waals surface area (Å²) in [4.78, 5) is 0. The van der Waals surface area contributed by atoms with Crippen LogP contribution in [0.5, 0.6) is 0 Å². The van der Waals surface area contributed by atoms with Crippen LogP contribution in [0.25, 0.3) is 0 Å². The van der Waals surface area contributed by atoms with Crippen LogP contribution in [0.2, 0.25) is 0 Å². The van der Waals surface area contributed by atoms with Crippen molar-refractivity contribution in [2.45, 2.75) is 38.7 Å². The summed E-state index contributed by atoms with van der Waals surface area (Å²) in [5.74, 6) is -2.54. The molecule has 0 bridgehead atoms. The summed E-state index contributed by atoms with van der Waals surface area (Å²) in [5, 5.41) is 0. The van der Waals surface area contributed by atoms with Gasteiger partial charge in [0.25, 0.3) is 0 Å². The molecule has 16 heavy (non-hydrogen) atoms. The molecule has 1 nitrogen and oxygen atoms in total. The molecule has 0 fully saturated rings. The van der Waals surface area contributed by atoms with Gasteiger partial charge in [0.15, 0.2) is 0 Å². The number of halogens is 2. The molecule has 0 saturated heterocycles. The van der Waals surface area contributed by atoms with E-state index in [0.29, 0.717) is 26.1 Å². The molecule has 0 unspecified atom stereocenters. The van der Waals surface area contributed by atoms with E-state index in [4.69, 9.17) is 4.74 Å². The van der Waals surface area contributed by atoms with Gasteiger partial charge in [0, 0.05) is 13.0 Å². The molecule has 3 heteroatoms. The molecule has 1 aromatic carbocycles. The normalized spacial score (nSPS) is 11.7. The van der Waals surface area contributed by atoms with Gasteiger partial charge in [-0.3, -0.25) is 0 Å². The Morgan fingerprint density at radius 1 is 1.12 bits per heavy atom. The second kappa shape index (κ2) is 6.59. The van der Waals surface area contributed by atoms with Crippen LogP contribution in [0.4, 0.5) is 8.78 Å². The molecule has 0 radical (unpaired) electrons. The molecule has 0 heterocycles. The van der Waals surface area contributed by atoms with E-state index in [1.807, 2.05) is 30.3 Å². The van der Waals surface area contributed by atoms with Crippen molar-refractivity contribution in [2.24, 2.45) is 0 Å². The third-order valence-corrected chi connectivity index (χ3v) is 2.27. The lowest BCUT2D eigenvalue weighted by atomic mass is 10.2. The van der Waals surface area contributed by atoms with Crippen LogP contribution < -0.4 is 0 Å². The average molecular weight is 228 g/mol. The molecular weight excluding hydrogens is 210 g/mol. The fraction of sp³-hybridized carbons (Fsp3) is 0.538. The van der Waals surface area contributed by atoms with Crippen LogP contribution in [0.1, 0.15) is 31.7 Å². The van der Waals surface area contributed by atoms with Crippen LogP contribution in [0.3, 0.4) is 0 Å². The van der Waals surface area contributed by atoms with Gasteiger partial charge < -0.3 is 4.74 Å². The average Bonchev–Trinajstić information content (AvgIpc) is 2.23. The molecule has 1 aromatic rings. The van der Waals surface area contributed by atoms with Gasteiger partial charge in [0.1, 0.15) is 0 Å². The quantitative estimate of drug-likeness (QED) is 0.640. The summed E-state index contributed by atoms with van der Waals surface area (Å²) >= 11 is 0. The van der Waals surface area contributed by atoms with Gasteiger partial charge in [-0.2, -0.15) is 0 Å². The second-order valence-electron chi connectivity index (χ2n) is 4.07. The zero-order chi connectivity index (χ0) is 11.9. The van der Waals surface area contributed by atoms with E-state index in [1.54, 1.807) is 0 Å². The van der Waals surface area contributed by atoms with E-state index < -0.39 is 5.92 Å². The first kappa shape index (κ1) is 13.1. The molecule has 0 aliphatic carbocycles. The second-order valence-corrected chi connectivity index (χ2v) is 4.07. The summed E-state index contributed by atoms with van der Waals surface area (Å²) < 4.78 is 30.3. The Bertz CT molecular complexity index is 280. The Kier molecular flexibility index (Phi) is 5.39. The van der Waals surface area contributed by atoms with E-state index in [0.717, 1.165) is 12.5 Å². The number of ether oxygens (including phenoxy) is 1. The zero-order valence-electron chi connectivity index (χ0n) is 9.59. The summed E-state index contributed by atoms with van der Waals surface area (Å²) in [6, 6.07) is 9.83. The number of hydrogen-bond donors (Lipinski definition) is 0. The van der Waals surface area contributed by atoms with Crippen molar-refractivity contribution in [2.75, 3.05) is 6.61 Å². The van der Waals surface area contributed by atoms with Gasteiger partial charge >= 0.3 is 0 Å². The third kappa shape index (κ3) is 6.51. The number of alkyl halides is 2. The minimum atomic E-state index is -2.54. The minimum absolute atomic E-state index is 0.0539. The van der Waals surface area contributed by atoms with E-state index in [2.05, 4.69) is 0 Å². The highest BCUT2D eigenvalue weighted by molar-refractivity contribution is 5.13. The van der Waals surface area contributed by atoms with Crippen molar-refractivity contribution in [1.29, 1.82) is 0 Å². The maximum absolute atomic E-state index is 12.5. The standard InChI is InChI=1S/C13H18F2O/c1-13(14,15)9-5-6-10-16-11-12-7-3-2-4-8-12/h2-4,7-8H,5-6,9-11H2,1H3. The highest BCUT2D eigenvalue weighted by Crippen LogP contribution is 2.19. The third-order valence-electron chi connectivity index (χ3n) is 2.27. The molecular formula is C13H18F2O. The first-order valence-electron chi connectivity index (χ1n) is 5.57. The molecule has 0 spiro atoms. The van der Waals surface area contributed by atoms with Crippen molar-refractivity contribution in [3.05, 3.63) is 35.9 Å². The van der Waals surface area contributed by atoms with E-state index in [1.165, 1.54) is 0 Å². The molecule has 0 aliphatic heterocycles. The smallest absolute Gasteiger partial charge is 0.245 e. The fourth-order valence-electron chi connectivity index (χ4n) is 1.40. The summed E-state index contributed by atoms with van der Waals surface area (Å²) in [5.41, 5.74) is 1.11. The van der Waals surface area contributed by atoms with Crippen molar-refractivity contribution in [3.63, 3.8) is 0 Å². The lowest BCUT2D eigenvalue weighted by molar-refractivity contribution is 0.00775. The predicted octanol–water partition coefficient (Wildman–Crippen LogP) is 4.03. The Labute approximate surface area is 95.4 Å². The molecule has 0 aliphatic rings. The van der Waals surface area contributed by atoms with Crippen LogP contribution in [0, 0.1) is 0 Å². The maximum Gasteiger partial charge on any atom is 0.245 e. The first-order valence-corrected chi connectivity index (χ1v) is 5.57. The molecule has 0 N–H and O–H groups in total. The predicted molar refractivity (Wildman–Crippen MR) is 60.6 cm³/mol. The van der Waals surface area contributed by atoms with Crippen molar-refractivity contribution in [1.82, 2.24) is 0 Å². The Hall–Kier alpha value is -0.960. The molecule has 0 saturated carbocycles. The molecule has 90 valence electrons. The number of rotatable bonds is 7. The van der Waals surface area contributed by atoms with E-state index in [9.17, 15) is 8.78 Å². The largest absolute Gasteiger partial charge is 0.377 e. The highest BCUT2D eigenvalue weighted by Gasteiger charge is 2.19. The van der Waals surface area contributed by atoms with Gasteiger partial charge in [0.05, 0.1) is 6.61 Å². The van der Waals surface area contributed by atoms with Crippen molar-refractivity contribution < 1.29 is 13.5 Å². The van der Waals surface area contributed by atoms with Crippen LogP contribution in [0.15, 0.2) is 30.3 Å². The summed E-state index contributed by atoms with van der Waals surface area (Å²) in [6.45, 7) is 2.06. The highest BCUT2D eigenvalue weighted by atomic mass is 19.3. The monoisotopic (exact) mass is 228 g/mol. The Morgan fingerprint density at radius 3 is 2.44 bits per heavy atom. The topological polar surface area (TPSA) is 9.23 Å². The number of unbranched alkanes of at least 4 members (excludes halogenated alkanes) is 1. The molecule has 1 rings (SSSR count). The van der Waals surface area contributed by atoms with Gasteiger partial charge in [0.2, 0.25) is 5.92 Å². The zero-order valence-corrected chi connectivity index (χ0v) is 9.59. The molecule has 0 atom stereocenters. The van der Waals surface area contributed by atoms with Gasteiger partial charge in [-0.15, -0.1) is 0 Å². The van der Waals surface area contributed by atoms with Gasteiger partial charge in [-0.25, -0.2) is 8.78 Å². The van der Waals surface area contributed by atoms with Crippen molar-refractivity contribution >= 4 is 0 Å². The van der Waals surface area contributed by atoms with Gasteiger partial charge in [-0.05, 0) is 25.3 Å². The molecule has 0 aromatic heterocycles. The number of hydrogen-bond acceptors (Lipinski definition) is 1. The fourth-order valence-corrected chi connectivity index (χ4v) is 1.40. The van der Waals surface area contributed by atoms with Crippen LogP contribution in [-0.2, 0) is 11.3 Å². The lowest BCUT2D eigenvalue weighted by Crippen LogP contribution is -2.09. The van der Waals surface area contributed by atoms with Crippen LogP contribution in [-0.4, -0.2) is 12.5 Å². The maximum atomic E-state index is 12.5. The Morgan fingerprint density at radius 2 is 1.81 bits per heavy atom. The lowest BCUT2D eigenvalue weighted by Gasteiger charge is -2.09. The summed E-state index contributed by atoms with van der Waals surface area (Å²) in [7, 11) is 0. The van der Waals surface area contributed by atoms with Crippen molar-refractivity contribution in [3.8, 4) is 0 Å². The van der Waals surface area contributed by atoms with E-state index in [-0.39, 0.29) is 6.42 Å². The first-order chi connectivity index (χ1) is 7.58. The van der Waals surface area contributed by atoms with Gasteiger partial charge in [-0.1, -0.05) is 30.3 Å². The minimum Gasteiger partial charge on any atom is -0.377 e. The number of benzene rings is 1. The van der Waals surface area contributed by atoms with Crippen LogP contribution >= 0.6 is 0 Å². The SMILES string of the molecule is CC(F)(F)CCCCOCc1ccccc1. The Balaban J connectivity index is 2.01. The summed E-state index contributed by atoms with van der Waals surface area (Å²) in [6.07, 6.45) is 1.15. The molecule has 0 amide bonds.